The van der Waals surface area contributed by atoms with Crippen molar-refractivity contribution in [1.29, 1.82) is 0 Å². The smallest absolute Gasteiger partial charge is 0.338 e. The topological polar surface area (TPSA) is 88.1 Å². The van der Waals surface area contributed by atoms with Crippen molar-refractivity contribution in [3.8, 4) is 0 Å². The summed E-state index contributed by atoms with van der Waals surface area (Å²) in [5.41, 5.74) is 0.615. The number of carbonyl (C=O) groups excluding carboxylic acids is 3. The molecule has 1 aromatic rings. The van der Waals surface area contributed by atoms with Crippen molar-refractivity contribution < 1.29 is 33.3 Å². The normalized spacial score (nSPS) is 9.91. The molecule has 0 N–H and O–H groups in total. The van der Waals surface area contributed by atoms with Gasteiger partial charge in [-0.1, -0.05) is 0 Å². The molecule has 0 bridgehead atoms. The quantitative estimate of drug-likeness (QED) is 0.405. The van der Waals surface area contributed by atoms with Crippen LogP contribution in [-0.2, 0) is 23.7 Å². The van der Waals surface area contributed by atoms with Crippen LogP contribution in [-0.4, -0.2) is 51.4 Å². The van der Waals surface area contributed by atoms with E-state index in [1.165, 1.54) is 38.3 Å². The minimum Gasteiger partial charge on any atom is -0.462 e. The fourth-order valence-corrected chi connectivity index (χ4v) is 1.45. The van der Waals surface area contributed by atoms with Gasteiger partial charge < -0.3 is 18.9 Å². The van der Waals surface area contributed by atoms with Gasteiger partial charge in [0.1, 0.15) is 19.8 Å². The number of esters is 3. The van der Waals surface area contributed by atoms with Gasteiger partial charge in [0.05, 0.1) is 17.7 Å². The zero-order valence-electron chi connectivity index (χ0n) is 12.5. The number of benzene rings is 1. The number of carbonyl (C=O) groups is 3. The third kappa shape index (κ3) is 6.36. The molecular weight excluding hydrogens is 292 g/mol. The van der Waals surface area contributed by atoms with Crippen LogP contribution in [0.2, 0.25) is 0 Å². The molecule has 120 valence electrons. The maximum absolute atomic E-state index is 11.7. The molecule has 7 heteroatoms. The Bertz CT molecular complexity index is 507. The molecule has 0 aromatic heterocycles. The summed E-state index contributed by atoms with van der Waals surface area (Å²) in [6, 6.07) is 5.86. The molecule has 0 saturated carbocycles. The average Bonchev–Trinajstić information content (AvgIpc) is 2.51. The van der Waals surface area contributed by atoms with E-state index in [9.17, 15) is 14.4 Å². The van der Waals surface area contributed by atoms with Crippen molar-refractivity contribution in [3.05, 3.63) is 35.4 Å². The molecule has 0 aliphatic rings. The van der Waals surface area contributed by atoms with Crippen molar-refractivity contribution in [3.63, 3.8) is 0 Å². The summed E-state index contributed by atoms with van der Waals surface area (Å²) in [5, 5.41) is 0. The van der Waals surface area contributed by atoms with Gasteiger partial charge in [0.25, 0.3) is 0 Å². The third-order valence-corrected chi connectivity index (χ3v) is 2.50. The van der Waals surface area contributed by atoms with E-state index in [-0.39, 0.29) is 25.4 Å². The Labute approximate surface area is 128 Å². The Morgan fingerprint density at radius 1 is 0.773 bits per heavy atom. The minimum atomic E-state index is -0.563. The molecule has 0 amide bonds. The lowest BCUT2D eigenvalue weighted by atomic mass is 10.1. The van der Waals surface area contributed by atoms with Crippen LogP contribution < -0.4 is 0 Å². The van der Waals surface area contributed by atoms with Gasteiger partial charge in [0.15, 0.2) is 0 Å². The Kier molecular flexibility index (Phi) is 7.63. The number of hydrogen-bond donors (Lipinski definition) is 0. The van der Waals surface area contributed by atoms with Gasteiger partial charge >= 0.3 is 17.9 Å². The molecule has 0 heterocycles. The van der Waals surface area contributed by atoms with Crippen molar-refractivity contribution in [1.82, 2.24) is 0 Å². The van der Waals surface area contributed by atoms with Crippen LogP contribution in [0.1, 0.15) is 27.6 Å². The number of hydrogen-bond acceptors (Lipinski definition) is 7. The molecule has 0 unspecified atom stereocenters. The molecule has 1 aromatic carbocycles. The predicted molar refractivity (Wildman–Crippen MR) is 75.5 cm³/mol. The van der Waals surface area contributed by atoms with E-state index in [2.05, 4.69) is 4.74 Å². The van der Waals surface area contributed by atoms with E-state index in [0.29, 0.717) is 12.2 Å². The second-order valence-electron chi connectivity index (χ2n) is 4.18. The monoisotopic (exact) mass is 310 g/mol. The second kappa shape index (κ2) is 9.51. The van der Waals surface area contributed by atoms with Gasteiger partial charge in [-0.05, 0) is 24.3 Å². The lowest BCUT2D eigenvalue weighted by molar-refractivity contribution is -0.142. The van der Waals surface area contributed by atoms with Crippen molar-refractivity contribution in [2.45, 2.75) is 6.92 Å². The summed E-state index contributed by atoms with van der Waals surface area (Å²) in [5.74, 6) is -1.49. The van der Waals surface area contributed by atoms with E-state index in [1.54, 1.807) is 0 Å². The van der Waals surface area contributed by atoms with Gasteiger partial charge in [0, 0.05) is 14.0 Å². The third-order valence-electron chi connectivity index (χ3n) is 2.50. The van der Waals surface area contributed by atoms with E-state index < -0.39 is 17.9 Å². The van der Waals surface area contributed by atoms with E-state index in [0.717, 1.165) is 0 Å². The van der Waals surface area contributed by atoms with Crippen molar-refractivity contribution >= 4 is 17.9 Å². The van der Waals surface area contributed by atoms with Crippen LogP contribution >= 0.6 is 0 Å². The standard InChI is InChI=1S/C15H18O7/c1-11(16)20-9-10-22-15(18)13-5-3-12(4-6-13)14(17)21-8-7-19-2/h3-6H,7-10H2,1-2H3. The molecule has 0 aliphatic heterocycles. The number of ether oxygens (including phenoxy) is 4. The lowest BCUT2D eigenvalue weighted by Gasteiger charge is -2.06. The average molecular weight is 310 g/mol. The zero-order chi connectivity index (χ0) is 16.4. The molecule has 0 saturated heterocycles. The fraction of sp³-hybridized carbons (Fsp3) is 0.400. The Hall–Kier alpha value is -2.41. The second-order valence-corrected chi connectivity index (χ2v) is 4.18. The fourth-order valence-electron chi connectivity index (χ4n) is 1.45. The van der Waals surface area contributed by atoms with Gasteiger partial charge in [-0.2, -0.15) is 0 Å². The molecule has 0 fully saturated rings. The first-order chi connectivity index (χ1) is 10.5. The van der Waals surface area contributed by atoms with Gasteiger partial charge in [-0.3, -0.25) is 4.79 Å². The molecule has 0 spiro atoms. The number of rotatable bonds is 8. The molecule has 1 rings (SSSR count). The number of methoxy groups -OCH3 is 1. The van der Waals surface area contributed by atoms with Gasteiger partial charge in [0.2, 0.25) is 0 Å². The summed E-state index contributed by atoms with van der Waals surface area (Å²) in [6.07, 6.45) is 0. The largest absolute Gasteiger partial charge is 0.462 e. The summed E-state index contributed by atoms with van der Waals surface area (Å²) in [7, 11) is 1.51. The Morgan fingerprint density at radius 2 is 1.18 bits per heavy atom. The highest BCUT2D eigenvalue weighted by atomic mass is 16.6. The molecular formula is C15H18O7. The van der Waals surface area contributed by atoms with Crippen molar-refractivity contribution in [2.75, 3.05) is 33.5 Å². The highest BCUT2D eigenvalue weighted by molar-refractivity contribution is 5.93. The van der Waals surface area contributed by atoms with Crippen LogP contribution in [0.15, 0.2) is 24.3 Å². The SMILES string of the molecule is COCCOC(=O)c1ccc(C(=O)OCCOC(C)=O)cc1. The first kappa shape index (κ1) is 17.6. The maximum atomic E-state index is 11.7. The maximum Gasteiger partial charge on any atom is 0.338 e. The van der Waals surface area contributed by atoms with Crippen molar-refractivity contribution in [2.24, 2.45) is 0 Å². The van der Waals surface area contributed by atoms with Crippen LogP contribution in [0.5, 0.6) is 0 Å². The molecule has 7 nitrogen and oxygen atoms in total. The first-order valence-corrected chi connectivity index (χ1v) is 6.61. The van der Waals surface area contributed by atoms with Crippen LogP contribution in [0.3, 0.4) is 0 Å². The lowest BCUT2D eigenvalue weighted by Crippen LogP contribution is -2.13. The first-order valence-electron chi connectivity index (χ1n) is 6.61. The molecule has 0 atom stereocenters. The summed E-state index contributed by atoms with van der Waals surface area (Å²) in [4.78, 5) is 33.9. The predicted octanol–water partition coefficient (Wildman–Crippen LogP) is 1.21. The van der Waals surface area contributed by atoms with Crippen LogP contribution in [0.25, 0.3) is 0 Å². The van der Waals surface area contributed by atoms with Gasteiger partial charge in [-0.25, -0.2) is 9.59 Å². The minimum absolute atomic E-state index is 0.00494. The molecule has 22 heavy (non-hydrogen) atoms. The summed E-state index contributed by atoms with van der Waals surface area (Å²) in [6.45, 7) is 1.73. The van der Waals surface area contributed by atoms with Crippen LogP contribution in [0, 0.1) is 0 Å². The highest BCUT2D eigenvalue weighted by Gasteiger charge is 2.11. The molecule has 0 aliphatic carbocycles. The summed E-state index contributed by atoms with van der Waals surface area (Å²) < 4.78 is 19.3. The highest BCUT2D eigenvalue weighted by Crippen LogP contribution is 2.07. The summed E-state index contributed by atoms with van der Waals surface area (Å²) >= 11 is 0. The van der Waals surface area contributed by atoms with E-state index in [1.807, 2.05) is 0 Å². The van der Waals surface area contributed by atoms with Gasteiger partial charge in [-0.15, -0.1) is 0 Å². The van der Waals surface area contributed by atoms with E-state index >= 15 is 0 Å². The molecule has 0 radical (unpaired) electrons. The van der Waals surface area contributed by atoms with Crippen LogP contribution in [0.4, 0.5) is 0 Å². The zero-order valence-corrected chi connectivity index (χ0v) is 12.5. The Morgan fingerprint density at radius 3 is 1.59 bits per heavy atom. The van der Waals surface area contributed by atoms with E-state index in [4.69, 9.17) is 14.2 Å². The Balaban J connectivity index is 2.44.